The number of nitrogens with zero attached hydrogens (tertiary/aromatic N) is 1. The van der Waals surface area contributed by atoms with Gasteiger partial charge in [0.25, 0.3) is 0 Å². The highest BCUT2D eigenvalue weighted by atomic mass is 35.5. The predicted molar refractivity (Wildman–Crippen MR) is 129 cm³/mol. The van der Waals surface area contributed by atoms with Gasteiger partial charge in [0.05, 0.1) is 23.6 Å². The number of anilines is 1. The van der Waals surface area contributed by atoms with E-state index in [0.29, 0.717) is 15.6 Å². The van der Waals surface area contributed by atoms with Crippen molar-refractivity contribution in [3.8, 4) is 0 Å². The summed E-state index contributed by atoms with van der Waals surface area (Å²) in [6.45, 7) is 1.81. The van der Waals surface area contributed by atoms with E-state index in [-0.39, 0.29) is 16.8 Å². The van der Waals surface area contributed by atoms with Crippen LogP contribution >= 0.6 is 23.2 Å². The number of fused-ring (bicyclic) bond motifs is 3. The normalized spacial score (nSPS) is 24.4. The molecule has 0 N–H and O–H groups in total. The minimum absolute atomic E-state index is 0.181. The lowest BCUT2D eigenvalue weighted by Gasteiger charge is -2.27. The fourth-order valence-corrected chi connectivity index (χ4v) is 5.85. The van der Waals surface area contributed by atoms with Crippen molar-refractivity contribution >= 4 is 52.3 Å². The van der Waals surface area contributed by atoms with Gasteiger partial charge in [-0.1, -0.05) is 65.7 Å². The monoisotopic (exact) mass is 505 g/mol. The summed E-state index contributed by atoms with van der Waals surface area (Å²) in [5.41, 5.74) is -0.202. The summed E-state index contributed by atoms with van der Waals surface area (Å²) in [7, 11) is 0. The maximum absolute atomic E-state index is 13.9. The Morgan fingerprint density at radius 3 is 2.14 bits per heavy atom. The minimum Gasteiger partial charge on any atom is -0.349 e. The number of amides is 2. The predicted octanol–water partition coefficient (Wildman–Crippen LogP) is 5.00. The molecule has 0 aromatic heterocycles. The molecule has 2 amide bonds. The molecule has 0 radical (unpaired) electrons. The van der Waals surface area contributed by atoms with Crippen LogP contribution in [0, 0.1) is 18.8 Å². The summed E-state index contributed by atoms with van der Waals surface area (Å²) in [4.78, 5) is 56.2. The Bertz CT molecular complexity index is 1450. The second-order valence-electron chi connectivity index (χ2n) is 8.98. The van der Waals surface area contributed by atoms with Crippen molar-refractivity contribution < 1.29 is 23.9 Å². The van der Waals surface area contributed by atoms with Crippen LogP contribution in [0.5, 0.6) is 0 Å². The molecule has 1 aliphatic carbocycles. The zero-order chi connectivity index (χ0) is 24.6. The summed E-state index contributed by atoms with van der Waals surface area (Å²) in [6, 6.07) is 17.9. The summed E-state index contributed by atoms with van der Waals surface area (Å²) < 4.78 is 6.24. The molecular weight excluding hydrogens is 489 g/mol. The van der Waals surface area contributed by atoms with Gasteiger partial charge in [-0.3, -0.25) is 19.2 Å². The summed E-state index contributed by atoms with van der Waals surface area (Å²) >= 11 is 12.5. The summed E-state index contributed by atoms with van der Waals surface area (Å²) in [5.74, 6) is -4.86. The lowest BCUT2D eigenvalue weighted by atomic mass is 9.77. The van der Waals surface area contributed by atoms with Gasteiger partial charge < -0.3 is 4.74 Å². The molecular formula is C27H17Cl2NO5. The zero-order valence-corrected chi connectivity index (χ0v) is 19.8. The van der Waals surface area contributed by atoms with Crippen molar-refractivity contribution in [2.45, 2.75) is 18.6 Å². The number of ketones is 2. The quantitative estimate of drug-likeness (QED) is 0.361. The second kappa shape index (κ2) is 7.59. The van der Waals surface area contributed by atoms with Crippen LogP contribution in [-0.2, 0) is 14.3 Å². The number of Topliss-reactive ketones (excluding diaryl/α,β-unsaturated/α-hetero) is 2. The van der Waals surface area contributed by atoms with Gasteiger partial charge in [0, 0.05) is 21.2 Å². The van der Waals surface area contributed by atoms with Gasteiger partial charge >= 0.3 is 0 Å². The number of benzene rings is 3. The van der Waals surface area contributed by atoms with Crippen LogP contribution in [0.4, 0.5) is 5.69 Å². The SMILES string of the molecule is Cc1ccc(N2C(=O)[C@@H]3[C@@H](C2=O)C2(O[C@H]3c3cccc(Cl)c3)C(=O)c3ccccc3C2=O)cc1Cl. The van der Waals surface area contributed by atoms with Crippen LogP contribution in [-0.4, -0.2) is 29.0 Å². The Hall–Kier alpha value is -3.32. The summed E-state index contributed by atoms with van der Waals surface area (Å²) in [6.07, 6.45) is -1.02. The molecule has 3 aromatic rings. The third-order valence-corrected chi connectivity index (χ3v) is 7.75. The van der Waals surface area contributed by atoms with E-state index in [1.165, 1.54) is 18.2 Å². The standard InChI is InChI=1S/C27H17Cl2NO5/c1-13-9-10-16(12-19(13)29)30-25(33)20-21(26(30)34)27(35-22(20)14-5-4-6-15(28)11-14)23(31)17-7-2-3-8-18(17)24(27)32/h2-12,20-22H,1H3/t20-,21+,22+/m1/s1. The first-order valence-corrected chi connectivity index (χ1v) is 11.8. The summed E-state index contributed by atoms with van der Waals surface area (Å²) in [5, 5.41) is 0.785. The second-order valence-corrected chi connectivity index (χ2v) is 9.83. The van der Waals surface area contributed by atoms with Gasteiger partial charge in [-0.15, -0.1) is 0 Å². The first kappa shape index (κ1) is 22.2. The van der Waals surface area contributed by atoms with Crippen LogP contribution in [0.1, 0.15) is 37.9 Å². The molecule has 35 heavy (non-hydrogen) atoms. The molecule has 0 saturated carbocycles. The fourth-order valence-electron chi connectivity index (χ4n) is 5.48. The Labute approximate surface area is 210 Å². The molecule has 6 nitrogen and oxygen atoms in total. The van der Waals surface area contributed by atoms with E-state index in [0.717, 1.165) is 10.5 Å². The van der Waals surface area contributed by atoms with Crippen molar-refractivity contribution in [1.29, 1.82) is 0 Å². The topological polar surface area (TPSA) is 80.8 Å². The molecule has 3 aromatic carbocycles. The maximum atomic E-state index is 13.9. The van der Waals surface area contributed by atoms with E-state index in [9.17, 15) is 19.2 Å². The third kappa shape index (κ3) is 2.88. The Morgan fingerprint density at radius 1 is 0.829 bits per heavy atom. The number of rotatable bonds is 2. The molecule has 3 aliphatic rings. The maximum Gasteiger partial charge on any atom is 0.241 e. The lowest BCUT2D eigenvalue weighted by molar-refractivity contribution is -0.127. The van der Waals surface area contributed by atoms with Crippen LogP contribution in [0.3, 0.4) is 0 Å². The van der Waals surface area contributed by atoms with E-state index in [1.54, 1.807) is 55.5 Å². The van der Waals surface area contributed by atoms with Crippen LogP contribution in [0.15, 0.2) is 66.7 Å². The smallest absolute Gasteiger partial charge is 0.241 e. The van der Waals surface area contributed by atoms with Gasteiger partial charge in [0.2, 0.25) is 29.0 Å². The largest absolute Gasteiger partial charge is 0.349 e. The molecule has 2 heterocycles. The number of ether oxygens (including phenoxy) is 1. The van der Waals surface area contributed by atoms with E-state index >= 15 is 0 Å². The molecule has 0 bridgehead atoms. The zero-order valence-electron chi connectivity index (χ0n) is 18.3. The van der Waals surface area contributed by atoms with Crippen molar-refractivity contribution in [1.82, 2.24) is 0 Å². The van der Waals surface area contributed by atoms with E-state index in [1.807, 2.05) is 0 Å². The van der Waals surface area contributed by atoms with Crippen molar-refractivity contribution in [2.24, 2.45) is 11.8 Å². The molecule has 2 saturated heterocycles. The Kier molecular flexibility index (Phi) is 4.81. The first-order chi connectivity index (χ1) is 16.8. The van der Waals surface area contributed by atoms with Crippen LogP contribution in [0.25, 0.3) is 0 Å². The number of carbonyl (C=O) groups is 4. The van der Waals surface area contributed by atoms with E-state index in [2.05, 4.69) is 0 Å². The third-order valence-electron chi connectivity index (χ3n) is 7.11. The average molecular weight is 506 g/mol. The molecule has 174 valence electrons. The Morgan fingerprint density at radius 2 is 1.51 bits per heavy atom. The molecule has 2 fully saturated rings. The average Bonchev–Trinajstić information content (AvgIpc) is 3.41. The molecule has 0 unspecified atom stereocenters. The first-order valence-electron chi connectivity index (χ1n) is 11.0. The van der Waals surface area contributed by atoms with E-state index in [4.69, 9.17) is 27.9 Å². The molecule has 3 atom stereocenters. The molecule has 1 spiro atoms. The molecule has 6 rings (SSSR count). The highest BCUT2D eigenvalue weighted by Gasteiger charge is 2.74. The van der Waals surface area contributed by atoms with E-state index < -0.39 is 46.9 Å². The van der Waals surface area contributed by atoms with Gasteiger partial charge in [-0.2, -0.15) is 0 Å². The highest BCUT2D eigenvalue weighted by Crippen LogP contribution is 2.57. The number of imide groups is 1. The van der Waals surface area contributed by atoms with Gasteiger partial charge in [-0.25, -0.2) is 4.90 Å². The van der Waals surface area contributed by atoms with Crippen molar-refractivity contribution in [3.63, 3.8) is 0 Å². The number of halogens is 2. The van der Waals surface area contributed by atoms with Crippen molar-refractivity contribution in [2.75, 3.05) is 4.90 Å². The minimum atomic E-state index is -2.13. The van der Waals surface area contributed by atoms with Gasteiger partial charge in [0.15, 0.2) is 0 Å². The number of aryl methyl sites for hydroxylation is 1. The fraction of sp³-hybridized carbons (Fsp3) is 0.185. The van der Waals surface area contributed by atoms with Crippen LogP contribution < -0.4 is 4.90 Å². The molecule has 2 aliphatic heterocycles. The number of hydrogen-bond acceptors (Lipinski definition) is 5. The number of carbonyl (C=O) groups excluding carboxylic acids is 4. The van der Waals surface area contributed by atoms with Crippen LogP contribution in [0.2, 0.25) is 10.0 Å². The highest BCUT2D eigenvalue weighted by molar-refractivity contribution is 6.37. The van der Waals surface area contributed by atoms with Crippen molar-refractivity contribution in [3.05, 3.63) is 99.0 Å². The van der Waals surface area contributed by atoms with Gasteiger partial charge in [-0.05, 0) is 42.3 Å². The lowest BCUT2D eigenvalue weighted by Crippen LogP contribution is -2.51. The Balaban J connectivity index is 1.55. The van der Waals surface area contributed by atoms with Gasteiger partial charge in [0.1, 0.15) is 0 Å². The molecule has 8 heteroatoms. The number of hydrogen-bond donors (Lipinski definition) is 0.